The Morgan fingerprint density at radius 1 is 1.15 bits per heavy atom. The summed E-state index contributed by atoms with van der Waals surface area (Å²) in [5, 5.41) is 0. The number of ether oxygens (including phenoxy) is 2. The fraction of sp³-hybridized carbons (Fsp3) is 0.533. The van der Waals surface area contributed by atoms with E-state index in [9.17, 15) is 0 Å². The minimum Gasteiger partial charge on any atom is -0.496 e. The van der Waals surface area contributed by atoms with Gasteiger partial charge in [-0.25, -0.2) is 5.84 Å². The van der Waals surface area contributed by atoms with Crippen molar-refractivity contribution in [2.45, 2.75) is 38.1 Å². The van der Waals surface area contributed by atoms with Crippen LogP contribution in [0, 0.1) is 0 Å². The van der Waals surface area contributed by atoms with Crippen LogP contribution in [0.2, 0.25) is 0 Å². The molecule has 0 bridgehead atoms. The van der Waals surface area contributed by atoms with Crippen molar-refractivity contribution in [3.05, 3.63) is 23.8 Å². The number of hydrogen-bond acceptors (Lipinski definition) is 4. The predicted molar refractivity (Wildman–Crippen MR) is 80.3 cm³/mol. The second-order valence-corrected chi connectivity index (χ2v) is 4.95. The highest BCUT2D eigenvalue weighted by molar-refractivity contribution is 6.03. The second kappa shape index (κ2) is 7.14. The van der Waals surface area contributed by atoms with Gasteiger partial charge in [-0.15, -0.1) is 0 Å². The standard InChI is InChI=1S/C15H23N3O2/c1-19-12-9-6-10-13(20-2)14(12)15(18-16)17-11-7-4-3-5-8-11/h6,9-11H,3-5,7-8,16H2,1-2H3,(H,17,18). The molecule has 1 aliphatic rings. The van der Waals surface area contributed by atoms with E-state index in [1.807, 2.05) is 18.2 Å². The molecule has 0 aliphatic heterocycles. The minimum atomic E-state index is 0.324. The van der Waals surface area contributed by atoms with Gasteiger partial charge in [0.1, 0.15) is 22.9 Å². The Morgan fingerprint density at radius 2 is 1.75 bits per heavy atom. The average Bonchev–Trinajstić information content (AvgIpc) is 2.52. The first kappa shape index (κ1) is 14.7. The van der Waals surface area contributed by atoms with Gasteiger partial charge in [0, 0.05) is 0 Å². The first-order valence-corrected chi connectivity index (χ1v) is 7.06. The monoisotopic (exact) mass is 277 g/mol. The van der Waals surface area contributed by atoms with E-state index in [2.05, 4.69) is 5.43 Å². The van der Waals surface area contributed by atoms with Gasteiger partial charge in [0.05, 0.1) is 20.3 Å². The van der Waals surface area contributed by atoms with Crippen LogP contribution in [0.25, 0.3) is 0 Å². The van der Waals surface area contributed by atoms with Crippen molar-refractivity contribution in [2.24, 2.45) is 10.8 Å². The molecule has 5 heteroatoms. The number of hydrogen-bond donors (Lipinski definition) is 2. The van der Waals surface area contributed by atoms with Crippen molar-refractivity contribution >= 4 is 5.84 Å². The fourth-order valence-electron chi connectivity index (χ4n) is 2.65. The molecule has 0 radical (unpaired) electrons. The summed E-state index contributed by atoms with van der Waals surface area (Å²) in [6.45, 7) is 0. The lowest BCUT2D eigenvalue weighted by Gasteiger charge is -2.20. The molecule has 0 aromatic heterocycles. The highest BCUT2D eigenvalue weighted by Crippen LogP contribution is 2.29. The first-order chi connectivity index (χ1) is 9.80. The lowest BCUT2D eigenvalue weighted by atomic mass is 9.96. The minimum absolute atomic E-state index is 0.324. The number of nitrogens with zero attached hydrogens (tertiary/aromatic N) is 1. The lowest BCUT2D eigenvalue weighted by Crippen LogP contribution is -2.33. The maximum absolute atomic E-state index is 5.68. The number of hydrazine groups is 1. The van der Waals surface area contributed by atoms with Crippen molar-refractivity contribution < 1.29 is 9.47 Å². The molecular weight excluding hydrogens is 254 g/mol. The van der Waals surface area contributed by atoms with E-state index < -0.39 is 0 Å². The van der Waals surface area contributed by atoms with Gasteiger partial charge in [0.25, 0.3) is 0 Å². The summed E-state index contributed by atoms with van der Waals surface area (Å²) in [6, 6.07) is 5.97. The third kappa shape index (κ3) is 3.22. The Hall–Kier alpha value is -1.75. The number of rotatable bonds is 4. The number of aliphatic imine (C=N–C) groups is 1. The predicted octanol–water partition coefficient (Wildman–Crippen LogP) is 2.25. The highest BCUT2D eigenvalue weighted by Gasteiger charge is 2.19. The Bertz CT molecular complexity index is 446. The van der Waals surface area contributed by atoms with E-state index in [0.29, 0.717) is 23.4 Å². The average molecular weight is 277 g/mol. The lowest BCUT2D eigenvalue weighted by molar-refractivity contribution is 0.392. The van der Waals surface area contributed by atoms with Crippen LogP contribution in [0.3, 0.4) is 0 Å². The SMILES string of the molecule is COc1cccc(OC)c1C(=NC1CCCCC1)NN. The van der Waals surface area contributed by atoms with Gasteiger partial charge in [-0.2, -0.15) is 0 Å². The van der Waals surface area contributed by atoms with Crippen molar-refractivity contribution in [3.63, 3.8) is 0 Å². The Labute approximate surface area is 120 Å². The zero-order chi connectivity index (χ0) is 14.4. The van der Waals surface area contributed by atoms with Gasteiger partial charge in [-0.1, -0.05) is 25.3 Å². The Balaban J connectivity index is 2.37. The van der Waals surface area contributed by atoms with Crippen molar-refractivity contribution in [1.82, 2.24) is 5.43 Å². The molecular formula is C15H23N3O2. The van der Waals surface area contributed by atoms with Gasteiger partial charge >= 0.3 is 0 Å². The van der Waals surface area contributed by atoms with Crippen LogP contribution in [0.1, 0.15) is 37.7 Å². The molecule has 20 heavy (non-hydrogen) atoms. The van der Waals surface area contributed by atoms with Crippen LogP contribution in [-0.2, 0) is 0 Å². The summed E-state index contributed by atoms with van der Waals surface area (Å²) >= 11 is 0. The summed E-state index contributed by atoms with van der Waals surface area (Å²) < 4.78 is 10.8. The molecule has 0 amide bonds. The van der Waals surface area contributed by atoms with Gasteiger partial charge in [-0.05, 0) is 25.0 Å². The molecule has 0 heterocycles. The Morgan fingerprint density at radius 3 is 2.25 bits per heavy atom. The van der Waals surface area contributed by atoms with E-state index in [-0.39, 0.29) is 0 Å². The molecule has 5 nitrogen and oxygen atoms in total. The summed E-state index contributed by atoms with van der Waals surface area (Å²) in [7, 11) is 3.26. The zero-order valence-corrected chi connectivity index (χ0v) is 12.2. The van der Waals surface area contributed by atoms with E-state index in [1.54, 1.807) is 14.2 Å². The molecule has 2 rings (SSSR count). The molecule has 1 aliphatic carbocycles. The van der Waals surface area contributed by atoms with Gasteiger partial charge in [0.15, 0.2) is 0 Å². The smallest absolute Gasteiger partial charge is 0.150 e. The largest absolute Gasteiger partial charge is 0.496 e. The quantitative estimate of drug-likeness (QED) is 0.383. The summed E-state index contributed by atoms with van der Waals surface area (Å²) in [6.07, 6.45) is 5.99. The second-order valence-electron chi connectivity index (χ2n) is 4.95. The van der Waals surface area contributed by atoms with Crippen molar-refractivity contribution in [1.29, 1.82) is 0 Å². The topological polar surface area (TPSA) is 68.9 Å². The summed E-state index contributed by atoms with van der Waals surface area (Å²) in [5.74, 6) is 7.72. The van der Waals surface area contributed by atoms with Crippen LogP contribution in [0.4, 0.5) is 0 Å². The third-order valence-electron chi connectivity index (χ3n) is 3.69. The third-order valence-corrected chi connectivity index (χ3v) is 3.69. The number of benzene rings is 1. The zero-order valence-electron chi connectivity index (χ0n) is 12.2. The van der Waals surface area contributed by atoms with Crippen LogP contribution < -0.4 is 20.7 Å². The van der Waals surface area contributed by atoms with E-state index >= 15 is 0 Å². The number of amidine groups is 1. The highest BCUT2D eigenvalue weighted by atomic mass is 16.5. The molecule has 0 atom stereocenters. The number of nitrogens with two attached hydrogens (primary N) is 1. The van der Waals surface area contributed by atoms with Crippen molar-refractivity contribution in [2.75, 3.05) is 14.2 Å². The maximum Gasteiger partial charge on any atom is 0.150 e. The molecule has 0 saturated heterocycles. The van der Waals surface area contributed by atoms with E-state index in [0.717, 1.165) is 18.4 Å². The van der Waals surface area contributed by atoms with Gasteiger partial charge in [-0.3, -0.25) is 4.99 Å². The molecule has 0 unspecified atom stereocenters. The summed E-state index contributed by atoms with van der Waals surface area (Å²) in [5.41, 5.74) is 3.49. The molecule has 110 valence electrons. The first-order valence-electron chi connectivity index (χ1n) is 7.06. The molecule has 1 aromatic rings. The van der Waals surface area contributed by atoms with Gasteiger partial charge in [0.2, 0.25) is 0 Å². The van der Waals surface area contributed by atoms with Crippen LogP contribution >= 0.6 is 0 Å². The van der Waals surface area contributed by atoms with E-state index in [4.69, 9.17) is 20.3 Å². The molecule has 1 fully saturated rings. The van der Waals surface area contributed by atoms with Crippen molar-refractivity contribution in [3.8, 4) is 11.5 Å². The molecule has 3 N–H and O–H groups in total. The van der Waals surface area contributed by atoms with Crippen LogP contribution in [0.15, 0.2) is 23.2 Å². The normalized spacial score (nSPS) is 16.9. The van der Waals surface area contributed by atoms with E-state index in [1.165, 1.54) is 19.3 Å². The number of methoxy groups -OCH3 is 2. The maximum atomic E-state index is 5.68. The fourth-order valence-corrected chi connectivity index (χ4v) is 2.65. The Kier molecular flexibility index (Phi) is 5.24. The molecule has 0 spiro atoms. The van der Waals surface area contributed by atoms with Crippen LogP contribution in [-0.4, -0.2) is 26.1 Å². The van der Waals surface area contributed by atoms with Gasteiger partial charge < -0.3 is 14.9 Å². The molecule has 1 saturated carbocycles. The molecule has 1 aromatic carbocycles. The van der Waals surface area contributed by atoms with Crippen LogP contribution in [0.5, 0.6) is 11.5 Å². The summed E-state index contributed by atoms with van der Waals surface area (Å²) in [4.78, 5) is 4.76. The number of nitrogens with one attached hydrogen (secondary N) is 1.